The van der Waals surface area contributed by atoms with Gasteiger partial charge in [0.05, 0.1) is 11.6 Å². The summed E-state index contributed by atoms with van der Waals surface area (Å²) in [6, 6.07) is 2.34. The summed E-state index contributed by atoms with van der Waals surface area (Å²) >= 11 is 0. The quantitative estimate of drug-likeness (QED) is 0.397. The molecule has 1 amide bonds. The first-order valence-corrected chi connectivity index (χ1v) is 12.5. The van der Waals surface area contributed by atoms with Gasteiger partial charge >= 0.3 is 0 Å². The largest absolute Gasteiger partial charge is 0.508 e. The van der Waals surface area contributed by atoms with Gasteiger partial charge in [-0.15, -0.1) is 0 Å². The number of primary amides is 1. The molecule has 2 saturated carbocycles. The number of amides is 1. The van der Waals surface area contributed by atoms with Crippen molar-refractivity contribution in [1.82, 2.24) is 4.90 Å². The van der Waals surface area contributed by atoms with Gasteiger partial charge in [-0.05, 0) is 68.8 Å². The Labute approximate surface area is 208 Å². The van der Waals surface area contributed by atoms with Crippen LogP contribution in [0.1, 0.15) is 61.1 Å². The molecule has 0 saturated heterocycles. The number of carbonyl (C=O) groups is 3. The van der Waals surface area contributed by atoms with E-state index in [4.69, 9.17) is 5.73 Å². The number of likely N-dealkylation sites (N-methyl/N-ethyl adjacent to an activating group) is 1. The van der Waals surface area contributed by atoms with E-state index in [9.17, 15) is 34.8 Å². The molecule has 6 N–H and O–H groups in total. The molecule has 0 unspecified atom stereocenters. The Kier molecular flexibility index (Phi) is 5.76. The maximum atomic E-state index is 13.9. The van der Waals surface area contributed by atoms with E-state index < -0.39 is 58.0 Å². The molecule has 0 bridgehead atoms. The molecule has 9 nitrogen and oxygen atoms in total. The summed E-state index contributed by atoms with van der Waals surface area (Å²) in [6.45, 7) is 0. The number of carbonyl (C=O) groups excluding carboxylic acids is 3. The predicted octanol–water partition coefficient (Wildman–Crippen LogP) is 2.01. The van der Waals surface area contributed by atoms with Crippen molar-refractivity contribution in [3.8, 4) is 5.75 Å². The van der Waals surface area contributed by atoms with E-state index in [1.807, 2.05) is 6.07 Å². The Hall–Kier alpha value is -3.17. The van der Waals surface area contributed by atoms with Gasteiger partial charge in [-0.2, -0.15) is 0 Å². The molecule has 192 valence electrons. The van der Waals surface area contributed by atoms with E-state index in [1.165, 1.54) is 17.4 Å². The van der Waals surface area contributed by atoms with Gasteiger partial charge in [0.2, 0.25) is 5.78 Å². The van der Waals surface area contributed by atoms with Crippen LogP contribution in [0.15, 0.2) is 29.0 Å². The minimum atomic E-state index is -2.61. The van der Waals surface area contributed by atoms with Crippen molar-refractivity contribution in [2.75, 3.05) is 14.1 Å². The highest BCUT2D eigenvalue weighted by Gasteiger charge is 2.64. The van der Waals surface area contributed by atoms with Crippen LogP contribution in [-0.4, -0.2) is 68.5 Å². The average molecular weight is 497 g/mol. The van der Waals surface area contributed by atoms with E-state index in [0.717, 1.165) is 36.8 Å². The van der Waals surface area contributed by atoms with Gasteiger partial charge in [-0.25, -0.2) is 0 Å². The zero-order valence-corrected chi connectivity index (χ0v) is 20.5. The highest BCUT2D eigenvalue weighted by Crippen LogP contribution is 2.53. The first-order valence-electron chi connectivity index (χ1n) is 12.5. The van der Waals surface area contributed by atoms with Gasteiger partial charge in [0.15, 0.2) is 11.4 Å². The molecule has 0 aliphatic heterocycles. The van der Waals surface area contributed by atoms with Crippen molar-refractivity contribution in [2.24, 2.45) is 17.6 Å². The van der Waals surface area contributed by atoms with Gasteiger partial charge in [0, 0.05) is 11.5 Å². The molecule has 0 spiro atoms. The van der Waals surface area contributed by atoms with Crippen LogP contribution in [0.5, 0.6) is 5.75 Å². The van der Waals surface area contributed by atoms with Crippen molar-refractivity contribution in [3.05, 3.63) is 45.7 Å². The smallest absolute Gasteiger partial charge is 0.255 e. The Bertz CT molecular complexity index is 1240. The van der Waals surface area contributed by atoms with Crippen LogP contribution in [0.4, 0.5) is 0 Å². The fourth-order valence-electron chi connectivity index (χ4n) is 7.06. The lowest BCUT2D eigenvalue weighted by molar-refractivity contribution is -0.153. The van der Waals surface area contributed by atoms with E-state index in [0.29, 0.717) is 6.42 Å². The molecule has 4 aliphatic carbocycles. The van der Waals surface area contributed by atoms with E-state index in [1.54, 1.807) is 14.1 Å². The van der Waals surface area contributed by atoms with Crippen molar-refractivity contribution < 1.29 is 34.8 Å². The van der Waals surface area contributed by atoms with Gasteiger partial charge in [-0.3, -0.25) is 19.3 Å². The minimum Gasteiger partial charge on any atom is -0.508 e. The van der Waals surface area contributed by atoms with E-state index in [2.05, 4.69) is 0 Å². The van der Waals surface area contributed by atoms with Crippen LogP contribution in [0.2, 0.25) is 0 Å². The molecule has 4 atom stereocenters. The molecule has 2 fully saturated rings. The maximum Gasteiger partial charge on any atom is 0.255 e. The number of hydrogen-bond acceptors (Lipinski definition) is 8. The molecule has 1 aromatic carbocycles. The standard InChI is InChI=1S/C27H32N2O7/c1-29(2)21-16-11-13-10-15-14(12-6-4-3-5-7-12)8-9-17(30)19(15)22(31)18(13)24(33)27(16,36)25(34)20(23(21)32)26(28)35/h8-9,12-13,16,21,30-31,34,36H,3-7,10-11H2,1-2H3,(H2,28,35)/t13-,16-,21-,27-/m0/s1. The van der Waals surface area contributed by atoms with Crippen molar-refractivity contribution in [3.63, 3.8) is 0 Å². The highest BCUT2D eigenvalue weighted by atomic mass is 16.3. The number of nitrogens with zero attached hydrogens (tertiary/aromatic N) is 1. The SMILES string of the molecule is CN(C)[C@@H]1C(=O)C(C(N)=O)=C(O)[C@@]2(O)C(=O)C3=C(O)c4c(O)ccc(C5CCCCC5)c4C[C@H]3C[C@@H]12. The second kappa shape index (κ2) is 8.45. The number of phenols is 1. The molecule has 5 rings (SSSR count). The molecule has 9 heteroatoms. The third-order valence-corrected chi connectivity index (χ3v) is 8.69. The summed E-state index contributed by atoms with van der Waals surface area (Å²) in [6.07, 6.45) is 5.84. The van der Waals surface area contributed by atoms with Crippen LogP contribution in [0.3, 0.4) is 0 Å². The third kappa shape index (κ3) is 3.25. The number of rotatable bonds is 3. The number of Topliss-reactive ketones (excluding diaryl/α,β-unsaturated/α-hetero) is 2. The summed E-state index contributed by atoms with van der Waals surface area (Å²) in [5, 5.41) is 44.6. The summed E-state index contributed by atoms with van der Waals surface area (Å²) in [7, 11) is 3.18. The zero-order valence-electron chi connectivity index (χ0n) is 20.5. The van der Waals surface area contributed by atoms with Crippen molar-refractivity contribution in [2.45, 2.75) is 62.5 Å². The third-order valence-electron chi connectivity index (χ3n) is 8.69. The monoisotopic (exact) mass is 496 g/mol. The fraction of sp³-hybridized carbons (Fsp3) is 0.519. The molecule has 4 aliphatic rings. The van der Waals surface area contributed by atoms with E-state index in [-0.39, 0.29) is 29.2 Å². The molecule has 0 radical (unpaired) electrons. The first-order chi connectivity index (χ1) is 17.0. The number of aliphatic hydroxyl groups excluding tert-OH is 2. The van der Waals surface area contributed by atoms with Crippen LogP contribution in [-0.2, 0) is 20.8 Å². The topological polar surface area (TPSA) is 161 Å². The Morgan fingerprint density at radius 3 is 2.33 bits per heavy atom. The van der Waals surface area contributed by atoms with Crippen LogP contribution < -0.4 is 5.73 Å². The van der Waals surface area contributed by atoms with Gasteiger partial charge in [0.1, 0.15) is 22.8 Å². The molecular weight excluding hydrogens is 464 g/mol. The summed E-state index contributed by atoms with van der Waals surface area (Å²) in [5.74, 6) is -5.96. The molecule has 0 heterocycles. The average Bonchev–Trinajstić information content (AvgIpc) is 2.81. The number of aromatic hydroxyl groups is 1. The number of aliphatic hydroxyl groups is 3. The summed E-state index contributed by atoms with van der Waals surface area (Å²) in [5.41, 5.74) is 3.83. The van der Waals surface area contributed by atoms with Gasteiger partial charge < -0.3 is 26.2 Å². The van der Waals surface area contributed by atoms with Crippen molar-refractivity contribution in [1.29, 1.82) is 0 Å². The van der Waals surface area contributed by atoms with Crippen LogP contribution in [0, 0.1) is 11.8 Å². The predicted molar refractivity (Wildman–Crippen MR) is 130 cm³/mol. The van der Waals surface area contributed by atoms with Crippen molar-refractivity contribution >= 4 is 23.2 Å². The Morgan fingerprint density at radius 1 is 1.06 bits per heavy atom. The summed E-state index contributed by atoms with van der Waals surface area (Å²) < 4.78 is 0. The highest BCUT2D eigenvalue weighted by molar-refractivity contribution is 6.24. The number of fused-ring (bicyclic) bond motifs is 3. The number of ketones is 2. The minimum absolute atomic E-state index is 0.103. The number of nitrogens with two attached hydrogens (primary N) is 1. The lowest BCUT2D eigenvalue weighted by Crippen LogP contribution is -2.65. The van der Waals surface area contributed by atoms with Crippen LogP contribution in [0.25, 0.3) is 5.76 Å². The zero-order chi connectivity index (χ0) is 26.1. The molecular formula is C27H32N2O7. The second-order valence-corrected chi connectivity index (χ2v) is 10.8. The van der Waals surface area contributed by atoms with Gasteiger partial charge in [0.25, 0.3) is 5.91 Å². The lowest BCUT2D eigenvalue weighted by Gasteiger charge is -2.50. The number of benzene rings is 1. The fourth-order valence-corrected chi connectivity index (χ4v) is 7.06. The maximum absolute atomic E-state index is 13.9. The molecule has 1 aromatic rings. The normalized spacial score (nSPS) is 30.8. The number of phenolic OH excluding ortho intramolecular Hbond substituents is 1. The molecule has 36 heavy (non-hydrogen) atoms. The first kappa shape index (κ1) is 24.5. The van der Waals surface area contributed by atoms with Crippen LogP contribution >= 0.6 is 0 Å². The second-order valence-electron chi connectivity index (χ2n) is 10.8. The Balaban J connectivity index is 1.70. The summed E-state index contributed by atoms with van der Waals surface area (Å²) in [4.78, 5) is 40.6. The Morgan fingerprint density at radius 2 is 1.72 bits per heavy atom. The van der Waals surface area contributed by atoms with E-state index >= 15 is 0 Å². The lowest BCUT2D eigenvalue weighted by atomic mass is 9.57. The number of hydrogen-bond donors (Lipinski definition) is 5. The molecule has 0 aromatic heterocycles. The van der Waals surface area contributed by atoms with Gasteiger partial charge in [-0.1, -0.05) is 25.3 Å².